The van der Waals surface area contributed by atoms with Crippen LogP contribution in [0.25, 0.3) is 5.69 Å². The molecule has 0 aliphatic rings. The van der Waals surface area contributed by atoms with Crippen LogP contribution in [0.1, 0.15) is 23.0 Å². The van der Waals surface area contributed by atoms with E-state index in [4.69, 9.17) is 11.6 Å². The fraction of sp³-hybridized carbons (Fsp3) is 0.214. The van der Waals surface area contributed by atoms with Gasteiger partial charge in [-0.15, -0.1) is 0 Å². The maximum absolute atomic E-state index is 14.0. The number of aldehydes is 1. The van der Waals surface area contributed by atoms with Crippen LogP contribution in [-0.4, -0.2) is 15.4 Å². The number of alkyl halides is 2. The number of carbonyl (C=O) groups excluding carboxylic acids is 1. The summed E-state index contributed by atoms with van der Waals surface area (Å²) in [5.41, 5.74) is -3.83. The highest BCUT2D eigenvalue weighted by Crippen LogP contribution is 2.25. The van der Waals surface area contributed by atoms with Crippen LogP contribution in [-0.2, 0) is 13.0 Å². The fourth-order valence-electron chi connectivity index (χ4n) is 2.08. The molecule has 0 fully saturated rings. The Morgan fingerprint density at radius 3 is 2.35 bits per heavy atom. The van der Waals surface area contributed by atoms with E-state index in [0.29, 0.717) is 28.4 Å². The molecule has 0 saturated carbocycles. The highest BCUT2D eigenvalue weighted by Gasteiger charge is 2.29. The minimum atomic E-state index is -3.43. The van der Waals surface area contributed by atoms with Crippen molar-refractivity contribution in [2.24, 2.45) is 7.05 Å². The van der Waals surface area contributed by atoms with E-state index in [0.717, 1.165) is 19.2 Å². The van der Waals surface area contributed by atoms with Crippen molar-refractivity contribution in [3.8, 4) is 5.69 Å². The lowest BCUT2D eigenvalue weighted by Gasteiger charge is -2.16. The van der Waals surface area contributed by atoms with Gasteiger partial charge in [-0.25, -0.2) is 22.5 Å². The van der Waals surface area contributed by atoms with Crippen molar-refractivity contribution in [2.75, 3.05) is 0 Å². The second-order valence-electron chi connectivity index (χ2n) is 4.88. The number of benzene rings is 1. The predicted molar refractivity (Wildman–Crippen MR) is 77.2 cm³/mol. The van der Waals surface area contributed by atoms with Crippen molar-refractivity contribution >= 4 is 17.9 Å². The number of aromatic nitrogens is 2. The second-order valence-corrected chi connectivity index (χ2v) is 5.28. The summed E-state index contributed by atoms with van der Waals surface area (Å²) in [4.78, 5) is 35.1. The lowest BCUT2D eigenvalue weighted by molar-refractivity contribution is 0.00825. The summed E-state index contributed by atoms with van der Waals surface area (Å²) < 4.78 is 41.7. The molecule has 0 atom stereocenters. The Kier molecular flexibility index (Phi) is 4.21. The monoisotopic (exact) mass is 346 g/mol. The van der Waals surface area contributed by atoms with Gasteiger partial charge < -0.3 is 0 Å². The highest BCUT2D eigenvalue weighted by atomic mass is 35.5. The zero-order chi connectivity index (χ0) is 17.5. The van der Waals surface area contributed by atoms with Gasteiger partial charge in [0, 0.05) is 25.6 Å². The predicted octanol–water partition coefficient (Wildman–Crippen LogP) is 2.25. The van der Waals surface area contributed by atoms with E-state index in [2.05, 4.69) is 0 Å². The molecular formula is C14H10ClF3N2O3. The van der Waals surface area contributed by atoms with Crippen molar-refractivity contribution in [3.05, 3.63) is 61.1 Å². The zero-order valence-electron chi connectivity index (χ0n) is 11.9. The first-order valence-electron chi connectivity index (χ1n) is 6.24. The summed E-state index contributed by atoms with van der Waals surface area (Å²) in [5, 5.41) is -0.206. The van der Waals surface area contributed by atoms with Crippen molar-refractivity contribution in [1.29, 1.82) is 0 Å². The Labute approximate surface area is 132 Å². The van der Waals surface area contributed by atoms with Gasteiger partial charge in [0.25, 0.3) is 11.5 Å². The molecule has 0 aliphatic heterocycles. The van der Waals surface area contributed by atoms with E-state index in [1.807, 2.05) is 0 Å². The molecule has 0 bridgehead atoms. The van der Waals surface area contributed by atoms with Crippen LogP contribution < -0.4 is 11.2 Å². The molecule has 122 valence electrons. The van der Waals surface area contributed by atoms with Gasteiger partial charge >= 0.3 is 5.69 Å². The average Bonchev–Trinajstić information content (AvgIpc) is 2.44. The number of hydrogen-bond acceptors (Lipinski definition) is 3. The molecule has 0 unspecified atom stereocenters. The number of hydrogen-bond donors (Lipinski definition) is 0. The van der Waals surface area contributed by atoms with Gasteiger partial charge in [-0.2, -0.15) is 0 Å². The minimum Gasteiger partial charge on any atom is -0.298 e. The van der Waals surface area contributed by atoms with E-state index in [1.54, 1.807) is 0 Å². The molecular weight excluding hydrogens is 337 g/mol. The number of rotatable bonds is 3. The summed E-state index contributed by atoms with van der Waals surface area (Å²) in [7, 11) is 1.03. The van der Waals surface area contributed by atoms with Crippen LogP contribution in [0.2, 0.25) is 5.02 Å². The number of carbonyl (C=O) groups is 1. The Balaban J connectivity index is 2.87. The third-order valence-corrected chi connectivity index (χ3v) is 3.53. The molecule has 1 aromatic carbocycles. The lowest BCUT2D eigenvalue weighted by Crippen LogP contribution is -2.41. The summed E-state index contributed by atoms with van der Waals surface area (Å²) >= 11 is 5.64. The van der Waals surface area contributed by atoms with Crippen LogP contribution >= 0.6 is 11.6 Å². The summed E-state index contributed by atoms with van der Waals surface area (Å²) in [6.45, 7) is 0.527. The van der Waals surface area contributed by atoms with Crippen LogP contribution in [0.5, 0.6) is 0 Å². The molecule has 0 amide bonds. The Hall–Kier alpha value is -2.35. The standard InChI is InChI=1S/C14H10ClF3N2O3/c1-14(17,18)11-5-12(22)20(13(23)19(11)2)10-3-7(6-21)8(15)4-9(10)16/h3-6H,1-2H3. The minimum absolute atomic E-state index is 0.151. The molecule has 2 aromatic rings. The lowest BCUT2D eigenvalue weighted by atomic mass is 10.2. The van der Waals surface area contributed by atoms with E-state index in [9.17, 15) is 27.6 Å². The first-order valence-corrected chi connectivity index (χ1v) is 6.61. The van der Waals surface area contributed by atoms with Crippen LogP contribution in [0.4, 0.5) is 13.2 Å². The van der Waals surface area contributed by atoms with Crippen molar-refractivity contribution in [2.45, 2.75) is 12.8 Å². The molecule has 5 nitrogen and oxygen atoms in total. The van der Waals surface area contributed by atoms with Crippen LogP contribution in [0.3, 0.4) is 0 Å². The largest absolute Gasteiger partial charge is 0.335 e. The first kappa shape index (κ1) is 17.0. The molecule has 0 N–H and O–H groups in total. The van der Waals surface area contributed by atoms with Crippen molar-refractivity contribution in [3.63, 3.8) is 0 Å². The van der Waals surface area contributed by atoms with Crippen molar-refractivity contribution < 1.29 is 18.0 Å². The van der Waals surface area contributed by atoms with Gasteiger partial charge in [0.15, 0.2) is 6.29 Å². The normalized spacial score (nSPS) is 11.6. The van der Waals surface area contributed by atoms with E-state index in [1.165, 1.54) is 0 Å². The van der Waals surface area contributed by atoms with Gasteiger partial charge in [-0.3, -0.25) is 14.2 Å². The molecule has 2 rings (SSSR count). The maximum atomic E-state index is 14.0. The SMILES string of the molecule is Cn1c(C(C)(F)F)cc(=O)n(-c2cc(C=O)c(Cl)cc2F)c1=O. The van der Waals surface area contributed by atoms with Crippen LogP contribution in [0.15, 0.2) is 27.8 Å². The zero-order valence-corrected chi connectivity index (χ0v) is 12.7. The molecule has 23 heavy (non-hydrogen) atoms. The average molecular weight is 347 g/mol. The van der Waals surface area contributed by atoms with Crippen molar-refractivity contribution in [1.82, 2.24) is 9.13 Å². The smallest absolute Gasteiger partial charge is 0.298 e. The third-order valence-electron chi connectivity index (χ3n) is 3.20. The summed E-state index contributed by atoms with van der Waals surface area (Å²) in [6, 6.07) is 2.20. The molecule has 1 aromatic heterocycles. The Bertz CT molecular complexity index is 913. The summed E-state index contributed by atoms with van der Waals surface area (Å²) in [5.74, 6) is -4.48. The van der Waals surface area contributed by atoms with Gasteiger partial charge in [0.05, 0.1) is 16.4 Å². The van der Waals surface area contributed by atoms with Gasteiger partial charge in [-0.05, 0) is 12.1 Å². The molecule has 0 spiro atoms. The molecule has 0 saturated heterocycles. The molecule has 0 aliphatic carbocycles. The van der Waals surface area contributed by atoms with Gasteiger partial charge in [0.1, 0.15) is 5.82 Å². The first-order chi connectivity index (χ1) is 10.6. The number of nitrogens with zero attached hydrogens (tertiary/aromatic N) is 2. The Morgan fingerprint density at radius 2 is 1.83 bits per heavy atom. The quantitative estimate of drug-likeness (QED) is 0.801. The third kappa shape index (κ3) is 2.94. The van der Waals surface area contributed by atoms with Crippen LogP contribution in [0, 0.1) is 5.82 Å². The fourth-order valence-corrected chi connectivity index (χ4v) is 2.28. The van der Waals surface area contributed by atoms with E-state index < -0.39 is 34.4 Å². The van der Waals surface area contributed by atoms with E-state index >= 15 is 0 Å². The maximum Gasteiger partial charge on any atom is 0.335 e. The molecule has 9 heteroatoms. The second kappa shape index (κ2) is 5.69. The van der Waals surface area contributed by atoms with Gasteiger partial charge in [-0.1, -0.05) is 11.6 Å². The molecule has 0 radical (unpaired) electrons. The topological polar surface area (TPSA) is 61.1 Å². The highest BCUT2D eigenvalue weighted by molar-refractivity contribution is 6.33. The molecule has 1 heterocycles. The van der Waals surface area contributed by atoms with Gasteiger partial charge in [0.2, 0.25) is 0 Å². The number of halogens is 4. The van der Waals surface area contributed by atoms with E-state index in [-0.39, 0.29) is 10.6 Å². The Morgan fingerprint density at radius 1 is 1.22 bits per heavy atom. The summed E-state index contributed by atoms with van der Waals surface area (Å²) in [6.07, 6.45) is 0.315.